The van der Waals surface area contributed by atoms with Crippen LogP contribution in [0.1, 0.15) is 18.4 Å². The van der Waals surface area contributed by atoms with Gasteiger partial charge < -0.3 is 4.74 Å². The van der Waals surface area contributed by atoms with Gasteiger partial charge in [-0.2, -0.15) is 0 Å². The summed E-state index contributed by atoms with van der Waals surface area (Å²) >= 11 is 12.0. The van der Waals surface area contributed by atoms with E-state index in [1.165, 1.54) is 12.1 Å². The SMILES string of the molecule is O=C(NS(=O)(=O)c1cccc(OC(F)(F)F)c1)C1(c2ccc(Cl)cc2Cl)CC1. The molecule has 11 heteroatoms. The Balaban J connectivity index is 1.85. The summed E-state index contributed by atoms with van der Waals surface area (Å²) in [5.41, 5.74) is -0.699. The molecule has 1 N–H and O–H groups in total. The first kappa shape index (κ1) is 20.8. The zero-order valence-electron chi connectivity index (χ0n) is 13.9. The van der Waals surface area contributed by atoms with E-state index in [9.17, 15) is 26.4 Å². The molecule has 0 aromatic heterocycles. The number of hydrogen-bond donors (Lipinski definition) is 1. The Hall–Kier alpha value is -1.97. The molecule has 1 aliphatic carbocycles. The van der Waals surface area contributed by atoms with Crippen molar-refractivity contribution in [3.05, 3.63) is 58.1 Å². The van der Waals surface area contributed by atoms with Gasteiger partial charge in [-0.3, -0.25) is 4.79 Å². The van der Waals surface area contributed by atoms with Crippen molar-refractivity contribution in [2.24, 2.45) is 0 Å². The van der Waals surface area contributed by atoms with E-state index in [0.29, 0.717) is 29.5 Å². The number of carbonyl (C=O) groups excluding carboxylic acids is 1. The minimum atomic E-state index is -4.98. The lowest BCUT2D eigenvalue weighted by Crippen LogP contribution is -2.39. The van der Waals surface area contributed by atoms with Gasteiger partial charge in [0.15, 0.2) is 0 Å². The van der Waals surface area contributed by atoms with Gasteiger partial charge in [-0.05, 0) is 42.7 Å². The van der Waals surface area contributed by atoms with Gasteiger partial charge in [0.25, 0.3) is 10.0 Å². The maximum Gasteiger partial charge on any atom is 0.573 e. The molecule has 3 rings (SSSR count). The number of amides is 1. The molecule has 150 valence electrons. The predicted octanol–water partition coefficient (Wildman–Crippen LogP) is 4.43. The normalized spacial score (nSPS) is 15.8. The Kier molecular flexibility index (Phi) is 5.28. The molecule has 0 unspecified atom stereocenters. The summed E-state index contributed by atoms with van der Waals surface area (Å²) in [6, 6.07) is 8.27. The molecule has 0 radical (unpaired) electrons. The van der Waals surface area contributed by atoms with Crippen molar-refractivity contribution >= 4 is 39.1 Å². The maximum atomic E-state index is 12.7. The van der Waals surface area contributed by atoms with Crippen molar-refractivity contribution in [2.75, 3.05) is 0 Å². The van der Waals surface area contributed by atoms with E-state index in [1.54, 1.807) is 6.07 Å². The molecule has 0 aliphatic heterocycles. The van der Waals surface area contributed by atoms with E-state index in [4.69, 9.17) is 23.2 Å². The minimum absolute atomic E-state index is 0.220. The summed E-state index contributed by atoms with van der Waals surface area (Å²) in [5.74, 6) is -1.54. The number of halogens is 5. The van der Waals surface area contributed by atoms with Crippen LogP contribution in [0.3, 0.4) is 0 Å². The highest BCUT2D eigenvalue weighted by Crippen LogP contribution is 2.51. The van der Waals surface area contributed by atoms with Gasteiger partial charge in [-0.25, -0.2) is 13.1 Å². The van der Waals surface area contributed by atoms with Crippen LogP contribution in [-0.4, -0.2) is 20.7 Å². The van der Waals surface area contributed by atoms with Crippen molar-refractivity contribution in [1.82, 2.24) is 4.72 Å². The van der Waals surface area contributed by atoms with Crippen LogP contribution in [0, 0.1) is 0 Å². The number of rotatable bonds is 5. The summed E-state index contributed by atoms with van der Waals surface area (Å²) in [6.45, 7) is 0. The Labute approximate surface area is 168 Å². The largest absolute Gasteiger partial charge is 0.573 e. The van der Waals surface area contributed by atoms with Gasteiger partial charge in [0.2, 0.25) is 5.91 Å². The van der Waals surface area contributed by atoms with Crippen molar-refractivity contribution in [3.63, 3.8) is 0 Å². The summed E-state index contributed by atoms with van der Waals surface area (Å²) in [7, 11) is -4.43. The molecular formula is C17H12Cl2F3NO4S. The standard InChI is InChI=1S/C17H12Cl2F3NO4S/c18-10-4-5-13(14(19)8-10)16(6-7-16)15(24)23-28(25,26)12-3-1-2-11(9-12)27-17(20,21)22/h1-5,8-9H,6-7H2,(H,23,24). The topological polar surface area (TPSA) is 72.5 Å². The molecular weight excluding hydrogens is 442 g/mol. The second-order valence-electron chi connectivity index (χ2n) is 6.16. The average molecular weight is 454 g/mol. The minimum Gasteiger partial charge on any atom is -0.406 e. The molecule has 5 nitrogen and oxygen atoms in total. The Morgan fingerprint density at radius 3 is 2.36 bits per heavy atom. The molecule has 0 spiro atoms. The molecule has 0 atom stereocenters. The smallest absolute Gasteiger partial charge is 0.406 e. The lowest BCUT2D eigenvalue weighted by Gasteiger charge is -2.18. The summed E-state index contributed by atoms with van der Waals surface area (Å²) < 4.78 is 67.6. The molecule has 1 saturated carbocycles. The van der Waals surface area contributed by atoms with Crippen LogP contribution in [-0.2, 0) is 20.2 Å². The second kappa shape index (κ2) is 7.13. The van der Waals surface area contributed by atoms with Crippen molar-refractivity contribution in [1.29, 1.82) is 0 Å². The van der Waals surface area contributed by atoms with Gasteiger partial charge in [0, 0.05) is 16.1 Å². The van der Waals surface area contributed by atoms with Crippen LogP contribution in [0.25, 0.3) is 0 Å². The first-order valence-corrected chi connectivity index (χ1v) is 10.1. The van der Waals surface area contributed by atoms with Crippen LogP contribution in [0.4, 0.5) is 13.2 Å². The van der Waals surface area contributed by atoms with Crippen LogP contribution < -0.4 is 9.46 Å². The third-order valence-electron chi connectivity index (χ3n) is 4.21. The first-order chi connectivity index (χ1) is 12.9. The van der Waals surface area contributed by atoms with Gasteiger partial charge in [0.1, 0.15) is 5.75 Å². The Bertz CT molecular complexity index is 1040. The number of hydrogen-bond acceptors (Lipinski definition) is 4. The number of nitrogens with one attached hydrogen (secondary N) is 1. The van der Waals surface area contributed by atoms with E-state index in [1.807, 2.05) is 4.72 Å². The summed E-state index contributed by atoms with van der Waals surface area (Å²) in [6.07, 6.45) is -4.24. The zero-order chi connectivity index (χ0) is 20.7. The molecule has 28 heavy (non-hydrogen) atoms. The quantitative estimate of drug-likeness (QED) is 0.726. The van der Waals surface area contributed by atoms with E-state index >= 15 is 0 Å². The maximum absolute atomic E-state index is 12.7. The molecule has 1 aliphatic rings. The summed E-state index contributed by atoms with van der Waals surface area (Å²) in [4.78, 5) is 12.1. The highest BCUT2D eigenvalue weighted by Gasteiger charge is 2.53. The highest BCUT2D eigenvalue weighted by atomic mass is 35.5. The zero-order valence-corrected chi connectivity index (χ0v) is 16.2. The fourth-order valence-corrected chi connectivity index (χ4v) is 4.41. The van der Waals surface area contributed by atoms with Crippen molar-refractivity contribution in [3.8, 4) is 5.75 Å². The number of sulfonamides is 1. The number of carbonyl (C=O) groups is 1. The monoisotopic (exact) mass is 453 g/mol. The fourth-order valence-electron chi connectivity index (χ4n) is 2.74. The third-order valence-corrected chi connectivity index (χ3v) is 6.08. The first-order valence-electron chi connectivity index (χ1n) is 7.82. The Morgan fingerprint density at radius 1 is 1.11 bits per heavy atom. The molecule has 1 amide bonds. The van der Waals surface area contributed by atoms with Crippen LogP contribution in [0.2, 0.25) is 10.0 Å². The molecule has 2 aromatic rings. The van der Waals surface area contributed by atoms with Gasteiger partial charge in [-0.15, -0.1) is 13.2 Å². The predicted molar refractivity (Wildman–Crippen MR) is 95.8 cm³/mol. The number of alkyl halides is 3. The van der Waals surface area contributed by atoms with Crippen LogP contribution >= 0.6 is 23.2 Å². The fraction of sp³-hybridized carbons (Fsp3) is 0.235. The summed E-state index contributed by atoms with van der Waals surface area (Å²) in [5, 5.41) is 0.581. The second-order valence-corrected chi connectivity index (χ2v) is 8.69. The molecule has 0 bridgehead atoms. The van der Waals surface area contributed by atoms with Crippen molar-refractivity contribution in [2.45, 2.75) is 29.5 Å². The number of benzene rings is 2. The van der Waals surface area contributed by atoms with E-state index in [2.05, 4.69) is 4.74 Å². The molecule has 2 aromatic carbocycles. The molecule has 0 heterocycles. The molecule has 0 saturated heterocycles. The van der Waals surface area contributed by atoms with Gasteiger partial charge in [-0.1, -0.05) is 35.3 Å². The van der Waals surface area contributed by atoms with E-state index in [0.717, 1.165) is 18.2 Å². The average Bonchev–Trinajstić information content (AvgIpc) is 3.35. The van der Waals surface area contributed by atoms with Gasteiger partial charge >= 0.3 is 6.36 Å². The third kappa shape index (κ3) is 4.37. The lowest BCUT2D eigenvalue weighted by atomic mass is 9.95. The van der Waals surface area contributed by atoms with Crippen LogP contribution in [0.15, 0.2) is 47.4 Å². The van der Waals surface area contributed by atoms with Gasteiger partial charge in [0.05, 0.1) is 10.3 Å². The highest BCUT2D eigenvalue weighted by molar-refractivity contribution is 7.90. The Morgan fingerprint density at radius 2 is 1.79 bits per heavy atom. The molecule has 1 fully saturated rings. The lowest BCUT2D eigenvalue weighted by molar-refractivity contribution is -0.274. The van der Waals surface area contributed by atoms with Crippen molar-refractivity contribution < 1.29 is 31.1 Å². The van der Waals surface area contributed by atoms with E-state index < -0.39 is 38.4 Å². The number of ether oxygens (including phenoxy) is 1. The van der Waals surface area contributed by atoms with Crippen LogP contribution in [0.5, 0.6) is 5.75 Å². The van der Waals surface area contributed by atoms with E-state index in [-0.39, 0.29) is 5.02 Å².